The molecule has 0 aliphatic rings. The first-order chi connectivity index (χ1) is 11.1. The molecule has 23 heavy (non-hydrogen) atoms. The van der Waals surface area contributed by atoms with Crippen LogP contribution in [0.25, 0.3) is 0 Å². The van der Waals surface area contributed by atoms with E-state index in [0.717, 1.165) is 17.7 Å². The Kier molecular flexibility index (Phi) is 6.68. The van der Waals surface area contributed by atoms with E-state index in [1.165, 1.54) is 16.0 Å². The molecule has 0 spiro atoms. The van der Waals surface area contributed by atoms with Gasteiger partial charge in [0.25, 0.3) is 5.91 Å². The van der Waals surface area contributed by atoms with Crippen LogP contribution in [0.5, 0.6) is 0 Å². The van der Waals surface area contributed by atoms with Crippen molar-refractivity contribution in [3.8, 4) is 0 Å². The summed E-state index contributed by atoms with van der Waals surface area (Å²) in [6.07, 6.45) is 0.800. The lowest BCUT2D eigenvalue weighted by atomic mass is 10.1. The molecular formula is C19H24N2OS. The van der Waals surface area contributed by atoms with Gasteiger partial charge in [-0.2, -0.15) is 0 Å². The van der Waals surface area contributed by atoms with Crippen molar-refractivity contribution in [2.75, 3.05) is 13.1 Å². The molecule has 122 valence electrons. The minimum absolute atomic E-state index is 0.0305. The molecule has 3 nitrogen and oxygen atoms in total. The number of amides is 1. The average Bonchev–Trinajstić information content (AvgIpc) is 2.56. The van der Waals surface area contributed by atoms with Gasteiger partial charge >= 0.3 is 0 Å². The van der Waals surface area contributed by atoms with Gasteiger partial charge < -0.3 is 11.1 Å². The van der Waals surface area contributed by atoms with Crippen LogP contribution in [0.15, 0.2) is 47.4 Å². The second-order valence-electron chi connectivity index (χ2n) is 5.66. The molecule has 0 fully saturated rings. The van der Waals surface area contributed by atoms with Gasteiger partial charge in [-0.3, -0.25) is 4.79 Å². The molecular weight excluding hydrogens is 304 g/mol. The highest BCUT2D eigenvalue weighted by Gasteiger charge is 2.06. The van der Waals surface area contributed by atoms with Crippen LogP contribution in [0.1, 0.15) is 33.5 Å². The molecule has 0 saturated carbocycles. The molecule has 0 heterocycles. The lowest BCUT2D eigenvalue weighted by Crippen LogP contribution is -2.25. The number of nitrogens with two attached hydrogens (primary N) is 1. The molecule has 0 atom stereocenters. The lowest BCUT2D eigenvalue weighted by molar-refractivity contribution is 0.0953. The smallest absolute Gasteiger partial charge is 0.251 e. The first kappa shape index (κ1) is 17.6. The predicted molar refractivity (Wildman–Crippen MR) is 97.9 cm³/mol. The Hall–Kier alpha value is -1.78. The van der Waals surface area contributed by atoms with Gasteiger partial charge in [-0.05, 0) is 56.1 Å². The van der Waals surface area contributed by atoms with Crippen LogP contribution < -0.4 is 11.1 Å². The predicted octanol–water partition coefficient (Wildman–Crippen LogP) is 3.67. The maximum atomic E-state index is 12.1. The third-order valence-corrected chi connectivity index (χ3v) is 4.82. The molecule has 3 N–H and O–H groups in total. The summed E-state index contributed by atoms with van der Waals surface area (Å²) in [6, 6.07) is 14.3. The Bertz CT molecular complexity index is 670. The van der Waals surface area contributed by atoms with E-state index < -0.39 is 0 Å². The van der Waals surface area contributed by atoms with Crippen molar-refractivity contribution in [2.45, 2.75) is 30.9 Å². The average molecular weight is 328 g/mol. The summed E-state index contributed by atoms with van der Waals surface area (Å²) in [5.41, 5.74) is 9.86. The molecule has 0 unspecified atom stereocenters. The fourth-order valence-electron chi connectivity index (χ4n) is 2.23. The van der Waals surface area contributed by atoms with Crippen molar-refractivity contribution in [2.24, 2.45) is 5.73 Å². The number of carbonyl (C=O) groups is 1. The first-order valence-corrected chi connectivity index (χ1v) is 8.86. The minimum atomic E-state index is -0.0305. The summed E-state index contributed by atoms with van der Waals surface area (Å²) >= 11 is 1.81. The molecule has 0 aliphatic heterocycles. The van der Waals surface area contributed by atoms with Crippen molar-refractivity contribution in [1.82, 2.24) is 5.32 Å². The highest BCUT2D eigenvalue weighted by Crippen LogP contribution is 2.27. The van der Waals surface area contributed by atoms with E-state index in [1.54, 1.807) is 0 Å². The van der Waals surface area contributed by atoms with Crippen molar-refractivity contribution < 1.29 is 4.79 Å². The Morgan fingerprint density at radius 1 is 1.17 bits per heavy atom. The fraction of sp³-hybridized carbons (Fsp3) is 0.316. The van der Waals surface area contributed by atoms with Crippen LogP contribution in [-0.2, 0) is 5.75 Å². The number of benzene rings is 2. The van der Waals surface area contributed by atoms with Crippen molar-refractivity contribution in [3.05, 3.63) is 64.7 Å². The third-order valence-electron chi connectivity index (χ3n) is 3.59. The van der Waals surface area contributed by atoms with E-state index in [2.05, 4.69) is 43.4 Å². The van der Waals surface area contributed by atoms with E-state index in [4.69, 9.17) is 5.73 Å². The van der Waals surface area contributed by atoms with Crippen LogP contribution in [-0.4, -0.2) is 19.0 Å². The largest absolute Gasteiger partial charge is 0.352 e. The maximum Gasteiger partial charge on any atom is 0.251 e. The molecule has 2 aromatic carbocycles. The Balaban J connectivity index is 1.99. The quantitative estimate of drug-likeness (QED) is 0.602. The van der Waals surface area contributed by atoms with Crippen molar-refractivity contribution in [1.29, 1.82) is 0 Å². The number of rotatable bonds is 7. The first-order valence-electron chi connectivity index (χ1n) is 7.87. The van der Waals surface area contributed by atoms with Crippen LogP contribution >= 0.6 is 11.8 Å². The monoisotopic (exact) mass is 328 g/mol. The van der Waals surface area contributed by atoms with Gasteiger partial charge in [0, 0.05) is 22.8 Å². The van der Waals surface area contributed by atoms with Gasteiger partial charge in [-0.15, -0.1) is 11.8 Å². The standard InChI is InChI=1S/C19H24N2OS/c1-14-7-8-15(2)18(11-14)23-13-16-5-3-6-17(12-16)19(22)21-10-4-9-20/h3,5-8,11-12H,4,9-10,13,20H2,1-2H3,(H,21,22). The number of hydrogen-bond donors (Lipinski definition) is 2. The highest BCUT2D eigenvalue weighted by atomic mass is 32.2. The zero-order valence-corrected chi connectivity index (χ0v) is 14.6. The second-order valence-corrected chi connectivity index (χ2v) is 6.67. The van der Waals surface area contributed by atoms with E-state index in [9.17, 15) is 4.79 Å². The fourth-order valence-corrected chi connectivity index (χ4v) is 3.30. The number of carbonyl (C=O) groups excluding carboxylic acids is 1. The Morgan fingerprint density at radius 3 is 2.78 bits per heavy atom. The molecule has 2 rings (SSSR count). The maximum absolute atomic E-state index is 12.1. The summed E-state index contributed by atoms with van der Waals surface area (Å²) in [5.74, 6) is 0.825. The van der Waals surface area contributed by atoms with Gasteiger partial charge in [0.15, 0.2) is 0 Å². The molecule has 0 bridgehead atoms. The summed E-state index contributed by atoms with van der Waals surface area (Å²) < 4.78 is 0. The Labute approximate surface area is 142 Å². The molecule has 0 saturated heterocycles. The van der Waals surface area contributed by atoms with E-state index in [1.807, 2.05) is 30.0 Å². The number of aryl methyl sites for hydroxylation is 2. The van der Waals surface area contributed by atoms with E-state index >= 15 is 0 Å². The number of nitrogens with one attached hydrogen (secondary N) is 1. The van der Waals surface area contributed by atoms with E-state index in [-0.39, 0.29) is 5.91 Å². The summed E-state index contributed by atoms with van der Waals surface area (Å²) in [4.78, 5) is 13.4. The van der Waals surface area contributed by atoms with Gasteiger partial charge in [0.2, 0.25) is 0 Å². The normalized spacial score (nSPS) is 10.6. The SMILES string of the molecule is Cc1ccc(C)c(SCc2cccc(C(=O)NCCCN)c2)c1. The Morgan fingerprint density at radius 2 is 2.00 bits per heavy atom. The van der Waals surface area contributed by atoms with Crippen LogP contribution in [0.2, 0.25) is 0 Å². The van der Waals surface area contributed by atoms with Gasteiger partial charge in [0.05, 0.1) is 0 Å². The van der Waals surface area contributed by atoms with Gasteiger partial charge in [0.1, 0.15) is 0 Å². The van der Waals surface area contributed by atoms with Crippen molar-refractivity contribution >= 4 is 17.7 Å². The molecule has 0 radical (unpaired) electrons. The number of thioether (sulfide) groups is 1. The molecule has 2 aromatic rings. The zero-order valence-electron chi connectivity index (χ0n) is 13.8. The van der Waals surface area contributed by atoms with Crippen LogP contribution in [0.3, 0.4) is 0 Å². The highest BCUT2D eigenvalue weighted by molar-refractivity contribution is 7.98. The third kappa shape index (κ3) is 5.41. The van der Waals surface area contributed by atoms with E-state index in [0.29, 0.717) is 18.7 Å². The minimum Gasteiger partial charge on any atom is -0.352 e. The summed E-state index contributed by atoms with van der Waals surface area (Å²) in [6.45, 7) is 5.45. The molecule has 0 aromatic heterocycles. The van der Waals surface area contributed by atoms with Crippen LogP contribution in [0, 0.1) is 13.8 Å². The molecule has 1 amide bonds. The summed E-state index contributed by atoms with van der Waals surface area (Å²) in [5, 5.41) is 2.89. The second kappa shape index (κ2) is 8.75. The zero-order chi connectivity index (χ0) is 16.7. The van der Waals surface area contributed by atoms with Crippen molar-refractivity contribution in [3.63, 3.8) is 0 Å². The van der Waals surface area contributed by atoms with Gasteiger partial charge in [-0.1, -0.05) is 29.8 Å². The van der Waals surface area contributed by atoms with Gasteiger partial charge in [-0.25, -0.2) is 0 Å². The number of hydrogen-bond acceptors (Lipinski definition) is 3. The molecule has 4 heteroatoms. The summed E-state index contributed by atoms with van der Waals surface area (Å²) in [7, 11) is 0. The molecule has 0 aliphatic carbocycles. The lowest BCUT2D eigenvalue weighted by Gasteiger charge is -2.09. The topological polar surface area (TPSA) is 55.1 Å². The van der Waals surface area contributed by atoms with Crippen LogP contribution in [0.4, 0.5) is 0 Å².